The van der Waals surface area contributed by atoms with E-state index in [1.165, 1.54) is 18.1 Å². The van der Waals surface area contributed by atoms with Gasteiger partial charge >= 0.3 is 5.97 Å². The van der Waals surface area contributed by atoms with Crippen LogP contribution in [0.2, 0.25) is 0 Å². The molecule has 216 valence electrons. The van der Waals surface area contributed by atoms with Crippen LogP contribution in [0.25, 0.3) is 6.08 Å². The van der Waals surface area contributed by atoms with Crippen molar-refractivity contribution in [3.05, 3.63) is 77.1 Å². The van der Waals surface area contributed by atoms with Gasteiger partial charge in [-0.1, -0.05) is 59.8 Å². The standard InChI is InChI=1S/C32H43N3O5/c1-6-27(21-39-25(4)36)30(37-5)18-28-24(3)38-22-29-31(40-33-32(28)29)20-35-14-10-13-34(15-16-35)19-23(2)17-26-11-8-7-9-12-26/h6-9,11-12,17-18,24,29,31H,1,10,13-16,19-22H2,2-5H3/b23-17+,28-18+,30-27-. The first-order valence-corrected chi connectivity index (χ1v) is 14.1. The molecule has 0 radical (unpaired) electrons. The summed E-state index contributed by atoms with van der Waals surface area (Å²) in [6.07, 6.45) is 6.73. The molecule has 3 aliphatic heterocycles. The van der Waals surface area contributed by atoms with Gasteiger partial charge in [-0.15, -0.1) is 0 Å². The Kier molecular flexibility index (Phi) is 10.7. The van der Waals surface area contributed by atoms with Crippen molar-refractivity contribution in [3.8, 4) is 0 Å². The number of oxime groups is 1. The zero-order valence-electron chi connectivity index (χ0n) is 24.3. The highest BCUT2D eigenvalue weighted by atomic mass is 16.6. The second kappa shape index (κ2) is 14.4. The summed E-state index contributed by atoms with van der Waals surface area (Å²) in [5.74, 6) is 0.262. The van der Waals surface area contributed by atoms with Gasteiger partial charge in [0.05, 0.1) is 31.5 Å². The van der Waals surface area contributed by atoms with Crippen LogP contribution in [-0.4, -0.2) is 93.3 Å². The largest absolute Gasteiger partial charge is 0.496 e. The molecule has 3 aliphatic rings. The number of esters is 1. The quantitative estimate of drug-likeness (QED) is 0.242. The third kappa shape index (κ3) is 7.93. The molecule has 0 aliphatic carbocycles. The number of carbonyl (C=O) groups is 1. The molecule has 4 rings (SSSR count). The maximum Gasteiger partial charge on any atom is 0.302 e. The van der Waals surface area contributed by atoms with Crippen molar-refractivity contribution in [3.63, 3.8) is 0 Å². The van der Waals surface area contributed by atoms with Crippen LogP contribution in [0.5, 0.6) is 0 Å². The highest BCUT2D eigenvalue weighted by molar-refractivity contribution is 6.04. The number of rotatable bonds is 10. The third-order valence-electron chi connectivity index (χ3n) is 7.65. The molecule has 40 heavy (non-hydrogen) atoms. The van der Waals surface area contributed by atoms with E-state index in [9.17, 15) is 4.79 Å². The Bertz CT molecular complexity index is 1160. The molecular formula is C32H43N3O5. The van der Waals surface area contributed by atoms with Gasteiger partial charge in [0.1, 0.15) is 12.4 Å². The molecule has 0 spiro atoms. The number of allylic oxidation sites excluding steroid dienone is 1. The van der Waals surface area contributed by atoms with E-state index in [2.05, 4.69) is 64.9 Å². The van der Waals surface area contributed by atoms with Crippen LogP contribution in [0.4, 0.5) is 0 Å². The molecule has 0 bridgehead atoms. The summed E-state index contributed by atoms with van der Waals surface area (Å²) in [7, 11) is 1.59. The Labute approximate surface area is 238 Å². The van der Waals surface area contributed by atoms with Crippen LogP contribution in [0.3, 0.4) is 0 Å². The predicted octanol–water partition coefficient (Wildman–Crippen LogP) is 4.46. The predicted molar refractivity (Wildman–Crippen MR) is 158 cm³/mol. The average Bonchev–Trinajstić information content (AvgIpc) is 3.21. The zero-order valence-corrected chi connectivity index (χ0v) is 24.3. The van der Waals surface area contributed by atoms with Crippen LogP contribution in [-0.2, 0) is 23.8 Å². The summed E-state index contributed by atoms with van der Waals surface area (Å²) >= 11 is 0. The Morgan fingerprint density at radius 3 is 2.62 bits per heavy atom. The number of benzene rings is 1. The minimum atomic E-state index is -0.358. The highest BCUT2D eigenvalue weighted by Crippen LogP contribution is 2.32. The molecule has 0 amide bonds. The van der Waals surface area contributed by atoms with E-state index in [-0.39, 0.29) is 30.7 Å². The number of ether oxygens (including phenoxy) is 3. The summed E-state index contributed by atoms with van der Waals surface area (Å²) in [5.41, 5.74) is 5.13. The third-order valence-corrected chi connectivity index (χ3v) is 7.65. The van der Waals surface area contributed by atoms with Crippen LogP contribution >= 0.6 is 0 Å². The fourth-order valence-corrected chi connectivity index (χ4v) is 5.48. The topological polar surface area (TPSA) is 72.8 Å². The molecule has 8 heteroatoms. The summed E-state index contributed by atoms with van der Waals surface area (Å²) in [5, 5.41) is 4.54. The van der Waals surface area contributed by atoms with E-state index in [1.54, 1.807) is 13.2 Å². The van der Waals surface area contributed by atoms with E-state index >= 15 is 0 Å². The highest BCUT2D eigenvalue weighted by Gasteiger charge is 2.42. The summed E-state index contributed by atoms with van der Waals surface area (Å²) in [6.45, 7) is 16.1. The first-order chi connectivity index (χ1) is 19.4. The molecule has 1 aromatic rings. The Morgan fingerprint density at radius 2 is 1.90 bits per heavy atom. The average molecular weight is 550 g/mol. The van der Waals surface area contributed by atoms with Crippen molar-refractivity contribution in [1.29, 1.82) is 0 Å². The van der Waals surface area contributed by atoms with Gasteiger partial charge in [-0.2, -0.15) is 0 Å². The smallest absolute Gasteiger partial charge is 0.302 e. The number of hydrogen-bond acceptors (Lipinski definition) is 8. The number of methoxy groups -OCH3 is 1. The first-order valence-electron chi connectivity index (χ1n) is 14.1. The van der Waals surface area contributed by atoms with Crippen molar-refractivity contribution in [2.75, 3.05) is 59.6 Å². The van der Waals surface area contributed by atoms with Crippen molar-refractivity contribution < 1.29 is 23.8 Å². The van der Waals surface area contributed by atoms with Crippen LogP contribution < -0.4 is 0 Å². The molecule has 2 saturated heterocycles. The molecule has 1 aromatic carbocycles. The fraction of sp³-hybridized carbons (Fsp3) is 0.500. The van der Waals surface area contributed by atoms with Crippen molar-refractivity contribution in [2.45, 2.75) is 39.4 Å². The lowest BCUT2D eigenvalue weighted by molar-refractivity contribution is -0.139. The van der Waals surface area contributed by atoms with Gasteiger partial charge in [0, 0.05) is 44.2 Å². The fourth-order valence-electron chi connectivity index (χ4n) is 5.48. The second-order valence-corrected chi connectivity index (χ2v) is 10.7. The second-order valence-electron chi connectivity index (χ2n) is 10.7. The summed E-state index contributed by atoms with van der Waals surface area (Å²) in [6, 6.07) is 10.5. The molecule has 8 nitrogen and oxygen atoms in total. The number of carbonyl (C=O) groups excluding carboxylic acids is 1. The van der Waals surface area contributed by atoms with Crippen molar-refractivity contribution >= 4 is 17.8 Å². The van der Waals surface area contributed by atoms with E-state index in [4.69, 9.17) is 19.0 Å². The van der Waals surface area contributed by atoms with Gasteiger partial charge < -0.3 is 19.0 Å². The van der Waals surface area contributed by atoms with E-state index in [1.807, 2.05) is 13.0 Å². The van der Waals surface area contributed by atoms with Gasteiger partial charge in [0.25, 0.3) is 0 Å². The molecule has 0 N–H and O–H groups in total. The molecule has 0 aromatic heterocycles. The number of fused-ring (bicyclic) bond motifs is 1. The minimum Gasteiger partial charge on any atom is -0.496 e. The first kappa shape index (κ1) is 29.8. The maximum absolute atomic E-state index is 11.3. The maximum atomic E-state index is 11.3. The van der Waals surface area contributed by atoms with Gasteiger partial charge in [-0.25, -0.2) is 0 Å². The molecule has 0 saturated carbocycles. The van der Waals surface area contributed by atoms with Crippen molar-refractivity contribution in [2.24, 2.45) is 11.1 Å². The number of hydrogen-bond donors (Lipinski definition) is 0. The lowest BCUT2D eigenvalue weighted by Crippen LogP contribution is -2.44. The Hall–Kier alpha value is -3.20. The molecule has 3 atom stereocenters. The van der Waals surface area contributed by atoms with Gasteiger partial charge in [-0.05, 0) is 45.0 Å². The number of nitrogens with zero attached hydrogens (tertiary/aromatic N) is 3. The SMILES string of the molecule is C=C/C(COC(C)=O)=C(\C=C1\C2=NOC(CN3CCCN(C/C(C)=C/c4ccccc4)CC3)C2COC1C)OC. The van der Waals surface area contributed by atoms with Crippen LogP contribution in [0, 0.1) is 5.92 Å². The Morgan fingerprint density at radius 1 is 1.15 bits per heavy atom. The lowest BCUT2D eigenvalue weighted by Gasteiger charge is -2.31. The van der Waals surface area contributed by atoms with Gasteiger partial charge in [0.15, 0.2) is 6.10 Å². The van der Waals surface area contributed by atoms with Crippen LogP contribution in [0.1, 0.15) is 32.8 Å². The normalized spacial score (nSPS) is 25.8. The zero-order chi connectivity index (χ0) is 28.5. The van der Waals surface area contributed by atoms with Gasteiger partial charge in [-0.3, -0.25) is 14.6 Å². The molecule has 3 heterocycles. The minimum absolute atomic E-state index is 0.0524. The van der Waals surface area contributed by atoms with E-state index < -0.39 is 0 Å². The van der Waals surface area contributed by atoms with E-state index in [0.29, 0.717) is 17.9 Å². The molecule has 2 fully saturated rings. The van der Waals surface area contributed by atoms with Gasteiger partial charge in [0.2, 0.25) is 0 Å². The van der Waals surface area contributed by atoms with Crippen molar-refractivity contribution in [1.82, 2.24) is 9.80 Å². The summed E-state index contributed by atoms with van der Waals surface area (Å²) in [4.78, 5) is 22.4. The van der Waals surface area contributed by atoms with Crippen LogP contribution in [0.15, 0.2) is 76.7 Å². The summed E-state index contributed by atoms with van der Waals surface area (Å²) < 4.78 is 17.0. The monoisotopic (exact) mass is 549 g/mol. The molecular weight excluding hydrogens is 506 g/mol. The Balaban J connectivity index is 1.37. The lowest BCUT2D eigenvalue weighted by atomic mass is 9.87. The van der Waals surface area contributed by atoms with E-state index in [0.717, 1.165) is 57.0 Å². The molecule has 3 unspecified atom stereocenters.